The first kappa shape index (κ1) is 16.7. The molecular formula is C22H23NO3. The summed E-state index contributed by atoms with van der Waals surface area (Å²) in [6.45, 7) is 0.552. The van der Waals surface area contributed by atoms with Gasteiger partial charge in [0.1, 0.15) is 0 Å². The van der Waals surface area contributed by atoms with Crippen LogP contribution >= 0.6 is 0 Å². The Bertz CT molecular complexity index is 800. The second-order valence-corrected chi connectivity index (χ2v) is 6.96. The topological polar surface area (TPSA) is 46.6 Å². The van der Waals surface area contributed by atoms with Crippen LogP contribution in [0.1, 0.15) is 53.3 Å². The molecule has 0 bridgehead atoms. The van der Waals surface area contributed by atoms with Crippen molar-refractivity contribution in [1.29, 1.82) is 0 Å². The third-order valence-corrected chi connectivity index (χ3v) is 5.33. The van der Waals surface area contributed by atoms with Gasteiger partial charge in [0.05, 0.1) is 18.8 Å². The summed E-state index contributed by atoms with van der Waals surface area (Å²) in [4.78, 5) is 14.9. The lowest BCUT2D eigenvalue weighted by molar-refractivity contribution is 0.0573. The Morgan fingerprint density at radius 3 is 2.42 bits per heavy atom. The van der Waals surface area contributed by atoms with Gasteiger partial charge in [-0.05, 0) is 55.4 Å². The molecule has 4 nitrogen and oxygen atoms in total. The van der Waals surface area contributed by atoms with Gasteiger partial charge in [0.2, 0.25) is 0 Å². The molecule has 1 aliphatic carbocycles. The molecule has 26 heavy (non-hydrogen) atoms. The molecule has 0 saturated heterocycles. The molecular weight excluding hydrogens is 326 g/mol. The van der Waals surface area contributed by atoms with Gasteiger partial charge in [0.25, 0.3) is 5.91 Å². The molecule has 1 aliphatic rings. The summed E-state index contributed by atoms with van der Waals surface area (Å²) < 4.78 is 10.5. The molecule has 1 aromatic carbocycles. The molecule has 0 aliphatic heterocycles. The number of hydrogen-bond donors (Lipinski definition) is 0. The average molecular weight is 349 g/mol. The monoisotopic (exact) mass is 349 g/mol. The van der Waals surface area contributed by atoms with E-state index in [0.29, 0.717) is 18.2 Å². The van der Waals surface area contributed by atoms with Crippen LogP contribution in [0.15, 0.2) is 76.2 Å². The van der Waals surface area contributed by atoms with Crippen LogP contribution in [0.25, 0.3) is 0 Å². The number of amides is 1. The van der Waals surface area contributed by atoms with E-state index in [1.807, 2.05) is 11.0 Å². The van der Waals surface area contributed by atoms with Crippen LogP contribution in [0.4, 0.5) is 0 Å². The molecule has 0 atom stereocenters. The van der Waals surface area contributed by atoms with E-state index in [1.165, 1.54) is 5.56 Å². The van der Waals surface area contributed by atoms with Crippen molar-refractivity contribution < 1.29 is 13.6 Å². The predicted octanol–water partition coefficient (Wildman–Crippen LogP) is 5.24. The number of carbonyl (C=O) groups excluding carboxylic acids is 1. The first-order valence-electron chi connectivity index (χ1n) is 9.22. The van der Waals surface area contributed by atoms with Crippen molar-refractivity contribution in [3.05, 3.63) is 84.2 Å². The van der Waals surface area contributed by atoms with Gasteiger partial charge < -0.3 is 13.7 Å². The Hall–Kier alpha value is -2.75. The number of carbonyl (C=O) groups is 1. The van der Waals surface area contributed by atoms with E-state index in [2.05, 4.69) is 30.3 Å². The van der Waals surface area contributed by atoms with Gasteiger partial charge in [0, 0.05) is 18.2 Å². The molecule has 2 heterocycles. The normalized spacial score (nSPS) is 20.0. The molecule has 1 saturated carbocycles. The van der Waals surface area contributed by atoms with Gasteiger partial charge >= 0.3 is 0 Å². The standard InChI is InChI=1S/C22H23NO3/c24-22(21-7-4-13-26-21)23(15-17-12-14-25-16-17)20-10-8-19(9-11-20)18-5-2-1-3-6-18/h1-7,12-14,16,19-20H,8-11,15H2. The number of rotatable bonds is 5. The maximum atomic E-state index is 13.0. The Morgan fingerprint density at radius 1 is 0.962 bits per heavy atom. The number of hydrogen-bond acceptors (Lipinski definition) is 3. The first-order chi connectivity index (χ1) is 12.8. The Labute approximate surface area is 153 Å². The van der Waals surface area contributed by atoms with Crippen molar-refractivity contribution in [1.82, 2.24) is 4.90 Å². The van der Waals surface area contributed by atoms with Crippen LogP contribution in [-0.2, 0) is 6.54 Å². The van der Waals surface area contributed by atoms with Gasteiger partial charge in [0.15, 0.2) is 5.76 Å². The van der Waals surface area contributed by atoms with Crippen LogP contribution < -0.4 is 0 Å². The third kappa shape index (κ3) is 3.59. The van der Waals surface area contributed by atoms with Gasteiger partial charge in [-0.1, -0.05) is 30.3 Å². The van der Waals surface area contributed by atoms with Crippen molar-refractivity contribution in [3.8, 4) is 0 Å². The van der Waals surface area contributed by atoms with Crippen LogP contribution in [0.5, 0.6) is 0 Å². The van der Waals surface area contributed by atoms with Crippen molar-refractivity contribution in [2.75, 3.05) is 0 Å². The molecule has 134 valence electrons. The van der Waals surface area contributed by atoms with Gasteiger partial charge in [-0.3, -0.25) is 4.79 Å². The molecule has 4 rings (SSSR count). The summed E-state index contributed by atoms with van der Waals surface area (Å²) in [5.41, 5.74) is 2.42. The van der Waals surface area contributed by atoms with Crippen molar-refractivity contribution >= 4 is 5.91 Å². The van der Waals surface area contributed by atoms with E-state index < -0.39 is 0 Å². The average Bonchev–Trinajstić information content (AvgIpc) is 3.40. The molecule has 0 radical (unpaired) electrons. The van der Waals surface area contributed by atoms with Crippen LogP contribution in [0, 0.1) is 0 Å². The van der Waals surface area contributed by atoms with Crippen molar-refractivity contribution in [2.45, 2.75) is 44.2 Å². The summed E-state index contributed by atoms with van der Waals surface area (Å²) in [6, 6.07) is 16.3. The first-order valence-corrected chi connectivity index (χ1v) is 9.22. The molecule has 1 fully saturated rings. The number of nitrogens with zero attached hydrogens (tertiary/aromatic N) is 1. The number of furan rings is 2. The Balaban J connectivity index is 1.48. The Kier molecular flexibility index (Phi) is 4.91. The predicted molar refractivity (Wildman–Crippen MR) is 98.7 cm³/mol. The summed E-state index contributed by atoms with van der Waals surface area (Å²) >= 11 is 0. The molecule has 0 N–H and O–H groups in total. The fourth-order valence-electron chi connectivity index (χ4n) is 3.93. The molecule has 3 aromatic rings. The van der Waals surface area contributed by atoms with E-state index in [1.54, 1.807) is 30.9 Å². The van der Waals surface area contributed by atoms with E-state index in [0.717, 1.165) is 31.2 Å². The van der Waals surface area contributed by atoms with Gasteiger partial charge in [-0.25, -0.2) is 0 Å². The van der Waals surface area contributed by atoms with Crippen LogP contribution in [0.2, 0.25) is 0 Å². The van der Waals surface area contributed by atoms with Crippen molar-refractivity contribution in [3.63, 3.8) is 0 Å². The minimum absolute atomic E-state index is 0.0423. The highest BCUT2D eigenvalue weighted by atomic mass is 16.3. The quantitative estimate of drug-likeness (QED) is 0.633. The summed E-state index contributed by atoms with van der Waals surface area (Å²) in [7, 11) is 0. The highest BCUT2D eigenvalue weighted by Gasteiger charge is 2.31. The second-order valence-electron chi connectivity index (χ2n) is 6.96. The zero-order valence-electron chi connectivity index (χ0n) is 14.7. The molecule has 0 unspecified atom stereocenters. The van der Waals surface area contributed by atoms with Crippen LogP contribution in [0.3, 0.4) is 0 Å². The summed E-state index contributed by atoms with van der Waals surface area (Å²) in [5.74, 6) is 0.944. The molecule has 1 amide bonds. The highest BCUT2D eigenvalue weighted by Crippen LogP contribution is 2.35. The van der Waals surface area contributed by atoms with E-state index >= 15 is 0 Å². The van der Waals surface area contributed by atoms with Crippen LogP contribution in [-0.4, -0.2) is 16.8 Å². The molecule has 4 heteroatoms. The van der Waals surface area contributed by atoms with E-state index in [9.17, 15) is 4.79 Å². The summed E-state index contributed by atoms with van der Waals surface area (Å²) in [5, 5.41) is 0. The fraction of sp³-hybridized carbons (Fsp3) is 0.318. The largest absolute Gasteiger partial charge is 0.472 e. The maximum Gasteiger partial charge on any atom is 0.290 e. The maximum absolute atomic E-state index is 13.0. The smallest absolute Gasteiger partial charge is 0.290 e. The Morgan fingerprint density at radius 2 is 1.77 bits per heavy atom. The lowest BCUT2D eigenvalue weighted by Crippen LogP contribution is -2.41. The summed E-state index contributed by atoms with van der Waals surface area (Å²) in [6.07, 6.45) is 9.11. The van der Waals surface area contributed by atoms with Gasteiger partial charge in [-0.15, -0.1) is 0 Å². The zero-order valence-corrected chi connectivity index (χ0v) is 14.7. The van der Waals surface area contributed by atoms with E-state index in [-0.39, 0.29) is 11.9 Å². The SMILES string of the molecule is O=C(c1ccco1)N(Cc1ccoc1)C1CCC(c2ccccc2)CC1. The number of benzene rings is 1. The van der Waals surface area contributed by atoms with Gasteiger partial charge in [-0.2, -0.15) is 0 Å². The third-order valence-electron chi connectivity index (χ3n) is 5.33. The zero-order chi connectivity index (χ0) is 17.8. The fourth-order valence-corrected chi connectivity index (χ4v) is 3.93. The molecule has 2 aromatic heterocycles. The minimum atomic E-state index is -0.0423. The molecule has 0 spiro atoms. The van der Waals surface area contributed by atoms with E-state index in [4.69, 9.17) is 8.83 Å². The minimum Gasteiger partial charge on any atom is -0.472 e. The second kappa shape index (κ2) is 7.65. The van der Waals surface area contributed by atoms with Crippen molar-refractivity contribution in [2.24, 2.45) is 0 Å². The lowest BCUT2D eigenvalue weighted by Gasteiger charge is -2.36. The lowest BCUT2D eigenvalue weighted by atomic mass is 9.81. The highest BCUT2D eigenvalue weighted by molar-refractivity contribution is 5.91.